The Labute approximate surface area is 118 Å². The monoisotopic (exact) mass is 324 g/mol. The van der Waals surface area contributed by atoms with Crippen molar-refractivity contribution >= 4 is 21.8 Å². The summed E-state index contributed by atoms with van der Waals surface area (Å²) in [5.41, 5.74) is 0. The Balaban J connectivity index is 1.65. The van der Waals surface area contributed by atoms with Crippen molar-refractivity contribution < 1.29 is 9.53 Å². The van der Waals surface area contributed by atoms with E-state index in [4.69, 9.17) is 4.74 Å². The molecular formula is C12H13BrN4O2. The standard InChI is InChI=1S/C12H13BrN4O2/c13-9-1-3-10(4-2-9)19-6-5-12(18)14-7-11-15-8-16-17-11/h1-4,8H,5-7H2,(H,14,18)(H,15,16,17). The van der Waals surface area contributed by atoms with Crippen LogP contribution in [0.15, 0.2) is 35.1 Å². The fraction of sp³-hybridized carbons (Fsp3) is 0.250. The fourth-order valence-electron chi connectivity index (χ4n) is 1.38. The molecule has 2 aromatic rings. The zero-order valence-electron chi connectivity index (χ0n) is 10.1. The van der Waals surface area contributed by atoms with Gasteiger partial charge in [0.05, 0.1) is 19.6 Å². The van der Waals surface area contributed by atoms with E-state index in [2.05, 4.69) is 36.4 Å². The molecule has 1 heterocycles. The Morgan fingerprint density at radius 1 is 1.37 bits per heavy atom. The minimum absolute atomic E-state index is 0.0893. The summed E-state index contributed by atoms with van der Waals surface area (Å²) >= 11 is 3.34. The summed E-state index contributed by atoms with van der Waals surface area (Å²) in [5.74, 6) is 1.28. The second-order valence-corrected chi connectivity index (χ2v) is 4.68. The molecule has 0 radical (unpaired) electrons. The summed E-state index contributed by atoms with van der Waals surface area (Å²) in [5, 5.41) is 9.08. The molecule has 0 unspecified atom stereocenters. The topological polar surface area (TPSA) is 79.9 Å². The molecule has 0 saturated carbocycles. The van der Waals surface area contributed by atoms with Gasteiger partial charge in [0.2, 0.25) is 5.91 Å². The molecule has 0 aliphatic rings. The van der Waals surface area contributed by atoms with Gasteiger partial charge in [0.1, 0.15) is 17.9 Å². The van der Waals surface area contributed by atoms with Crippen LogP contribution in [0.1, 0.15) is 12.2 Å². The van der Waals surface area contributed by atoms with Crippen LogP contribution in [0.5, 0.6) is 5.75 Å². The minimum atomic E-state index is -0.0893. The van der Waals surface area contributed by atoms with E-state index in [-0.39, 0.29) is 5.91 Å². The maximum absolute atomic E-state index is 11.5. The summed E-state index contributed by atoms with van der Waals surface area (Å²) in [6.07, 6.45) is 1.70. The normalized spacial score (nSPS) is 10.2. The van der Waals surface area contributed by atoms with Crippen LogP contribution in [0, 0.1) is 0 Å². The Bertz CT molecular complexity index is 513. The number of nitrogens with zero attached hydrogens (tertiary/aromatic N) is 2. The number of carbonyl (C=O) groups excluding carboxylic acids is 1. The van der Waals surface area contributed by atoms with E-state index in [1.807, 2.05) is 24.3 Å². The molecule has 2 N–H and O–H groups in total. The van der Waals surface area contributed by atoms with E-state index in [1.165, 1.54) is 6.33 Å². The molecule has 0 aliphatic heterocycles. The SMILES string of the molecule is O=C(CCOc1ccc(Br)cc1)NCc1ncn[nH]1. The van der Waals surface area contributed by atoms with Crippen molar-refractivity contribution in [1.29, 1.82) is 0 Å². The Morgan fingerprint density at radius 3 is 2.84 bits per heavy atom. The average molecular weight is 325 g/mol. The second kappa shape index (κ2) is 6.89. The van der Waals surface area contributed by atoms with Crippen LogP contribution in [-0.4, -0.2) is 27.7 Å². The third kappa shape index (κ3) is 4.70. The smallest absolute Gasteiger partial charge is 0.223 e. The number of nitrogens with one attached hydrogen (secondary N) is 2. The number of amides is 1. The molecule has 0 saturated heterocycles. The van der Waals surface area contributed by atoms with Gasteiger partial charge in [-0.25, -0.2) is 4.98 Å². The number of benzene rings is 1. The fourth-order valence-corrected chi connectivity index (χ4v) is 1.64. The van der Waals surface area contributed by atoms with Gasteiger partial charge in [0.25, 0.3) is 0 Å². The van der Waals surface area contributed by atoms with Gasteiger partial charge >= 0.3 is 0 Å². The van der Waals surface area contributed by atoms with Crippen molar-refractivity contribution in [2.24, 2.45) is 0 Å². The third-order valence-corrected chi connectivity index (χ3v) is 2.86. The Hall–Kier alpha value is -1.89. The predicted octanol–water partition coefficient (Wildman–Crippen LogP) is 1.65. The number of hydrogen-bond acceptors (Lipinski definition) is 4. The molecule has 0 spiro atoms. The number of ether oxygens (including phenoxy) is 1. The van der Waals surface area contributed by atoms with E-state index in [1.54, 1.807) is 0 Å². The number of hydrogen-bond donors (Lipinski definition) is 2. The van der Waals surface area contributed by atoms with Gasteiger partial charge in [-0.1, -0.05) is 15.9 Å². The zero-order chi connectivity index (χ0) is 13.5. The van der Waals surface area contributed by atoms with Gasteiger partial charge in [0, 0.05) is 4.47 Å². The summed E-state index contributed by atoms with van der Waals surface area (Å²) in [6, 6.07) is 7.46. The van der Waals surface area contributed by atoms with Gasteiger partial charge in [-0.15, -0.1) is 0 Å². The number of rotatable bonds is 6. The highest BCUT2D eigenvalue weighted by molar-refractivity contribution is 9.10. The van der Waals surface area contributed by atoms with Crippen molar-refractivity contribution in [3.63, 3.8) is 0 Å². The van der Waals surface area contributed by atoms with Crippen LogP contribution in [0.3, 0.4) is 0 Å². The first-order valence-electron chi connectivity index (χ1n) is 5.73. The Kier molecular flexibility index (Phi) is 4.91. The van der Waals surface area contributed by atoms with Crippen molar-refractivity contribution in [3.05, 3.63) is 40.9 Å². The van der Waals surface area contributed by atoms with E-state index >= 15 is 0 Å². The lowest BCUT2D eigenvalue weighted by molar-refractivity contribution is -0.121. The van der Waals surface area contributed by atoms with E-state index < -0.39 is 0 Å². The van der Waals surface area contributed by atoms with Gasteiger partial charge in [-0.05, 0) is 24.3 Å². The van der Waals surface area contributed by atoms with E-state index in [0.29, 0.717) is 25.4 Å². The average Bonchev–Trinajstić information content (AvgIpc) is 2.92. The summed E-state index contributed by atoms with van der Waals surface area (Å²) < 4.78 is 6.44. The van der Waals surface area contributed by atoms with E-state index in [9.17, 15) is 4.79 Å². The van der Waals surface area contributed by atoms with Crippen LogP contribution in [0.2, 0.25) is 0 Å². The van der Waals surface area contributed by atoms with Crippen molar-refractivity contribution in [2.45, 2.75) is 13.0 Å². The number of H-pyrrole nitrogens is 1. The van der Waals surface area contributed by atoms with Crippen LogP contribution in [0.25, 0.3) is 0 Å². The molecule has 0 aliphatic carbocycles. The number of carbonyl (C=O) groups is 1. The molecule has 0 bridgehead atoms. The lowest BCUT2D eigenvalue weighted by Crippen LogP contribution is -2.24. The molecular weight excluding hydrogens is 312 g/mol. The second-order valence-electron chi connectivity index (χ2n) is 3.76. The summed E-state index contributed by atoms with van der Waals surface area (Å²) in [6.45, 7) is 0.682. The van der Waals surface area contributed by atoms with Crippen molar-refractivity contribution in [1.82, 2.24) is 20.5 Å². The maximum atomic E-state index is 11.5. The lowest BCUT2D eigenvalue weighted by atomic mass is 10.3. The number of halogens is 1. The first-order chi connectivity index (χ1) is 9.24. The molecule has 19 heavy (non-hydrogen) atoms. The van der Waals surface area contributed by atoms with Crippen LogP contribution in [0.4, 0.5) is 0 Å². The van der Waals surface area contributed by atoms with Crippen LogP contribution < -0.4 is 10.1 Å². The molecule has 6 nitrogen and oxygen atoms in total. The highest BCUT2D eigenvalue weighted by atomic mass is 79.9. The highest BCUT2D eigenvalue weighted by Gasteiger charge is 2.03. The highest BCUT2D eigenvalue weighted by Crippen LogP contribution is 2.16. The molecule has 0 atom stereocenters. The first kappa shape index (κ1) is 13.5. The third-order valence-electron chi connectivity index (χ3n) is 2.33. The van der Waals surface area contributed by atoms with Crippen LogP contribution >= 0.6 is 15.9 Å². The summed E-state index contributed by atoms with van der Waals surface area (Å²) in [7, 11) is 0. The van der Waals surface area contributed by atoms with Gasteiger partial charge in [-0.2, -0.15) is 5.10 Å². The van der Waals surface area contributed by atoms with Crippen molar-refractivity contribution in [2.75, 3.05) is 6.61 Å². The lowest BCUT2D eigenvalue weighted by Gasteiger charge is -2.06. The number of aromatic nitrogens is 3. The van der Waals surface area contributed by atoms with Gasteiger partial charge in [-0.3, -0.25) is 9.89 Å². The molecule has 1 aromatic carbocycles. The molecule has 1 aromatic heterocycles. The Morgan fingerprint density at radius 2 is 2.16 bits per heavy atom. The largest absolute Gasteiger partial charge is 0.493 e. The molecule has 7 heteroatoms. The quantitative estimate of drug-likeness (QED) is 0.846. The van der Waals surface area contributed by atoms with Crippen LogP contribution in [-0.2, 0) is 11.3 Å². The minimum Gasteiger partial charge on any atom is -0.493 e. The molecule has 100 valence electrons. The van der Waals surface area contributed by atoms with Gasteiger partial charge < -0.3 is 10.1 Å². The first-order valence-corrected chi connectivity index (χ1v) is 6.52. The molecule has 0 fully saturated rings. The zero-order valence-corrected chi connectivity index (χ0v) is 11.7. The van der Waals surface area contributed by atoms with E-state index in [0.717, 1.165) is 10.2 Å². The predicted molar refractivity (Wildman–Crippen MR) is 72.5 cm³/mol. The maximum Gasteiger partial charge on any atom is 0.223 e. The number of aromatic amines is 1. The summed E-state index contributed by atoms with van der Waals surface area (Å²) in [4.78, 5) is 15.4. The molecule has 1 amide bonds. The molecule has 2 rings (SSSR count). The van der Waals surface area contributed by atoms with Gasteiger partial charge in [0.15, 0.2) is 0 Å². The van der Waals surface area contributed by atoms with Crippen molar-refractivity contribution in [3.8, 4) is 5.75 Å².